The van der Waals surface area contributed by atoms with Crippen LogP contribution in [0, 0.1) is 12.7 Å². The van der Waals surface area contributed by atoms with Crippen LogP contribution >= 0.6 is 0 Å². The first kappa shape index (κ1) is 17.0. The number of hydrogen-bond donors (Lipinski definition) is 1. The Morgan fingerprint density at radius 1 is 0.778 bits per heavy atom. The zero-order chi connectivity index (χ0) is 18.6. The van der Waals surface area contributed by atoms with Gasteiger partial charge in [-0.05, 0) is 30.7 Å². The predicted octanol–water partition coefficient (Wildman–Crippen LogP) is 6.61. The SMILES string of the molecule is Cc1ccccc1-c1nc(-c2ccccc2)cc(Nc2ccccc2)c1F. The maximum absolute atomic E-state index is 15.4. The van der Waals surface area contributed by atoms with Crippen LogP contribution in [0.5, 0.6) is 0 Å². The van der Waals surface area contributed by atoms with Gasteiger partial charge in [0.1, 0.15) is 5.69 Å². The second-order valence-electron chi connectivity index (χ2n) is 6.39. The first-order valence-electron chi connectivity index (χ1n) is 8.86. The van der Waals surface area contributed by atoms with E-state index in [1.807, 2.05) is 91.9 Å². The average molecular weight is 354 g/mol. The van der Waals surface area contributed by atoms with Crippen molar-refractivity contribution in [3.05, 3.63) is 102 Å². The molecule has 0 aliphatic rings. The largest absolute Gasteiger partial charge is 0.353 e. The Labute approximate surface area is 158 Å². The highest BCUT2D eigenvalue weighted by Crippen LogP contribution is 2.33. The predicted molar refractivity (Wildman–Crippen MR) is 110 cm³/mol. The quantitative estimate of drug-likeness (QED) is 0.446. The first-order chi connectivity index (χ1) is 13.2. The number of rotatable bonds is 4. The van der Waals surface area contributed by atoms with Crippen LogP contribution in [0.1, 0.15) is 5.56 Å². The van der Waals surface area contributed by atoms with E-state index >= 15 is 4.39 Å². The van der Waals surface area contributed by atoms with Crippen LogP contribution < -0.4 is 5.32 Å². The molecular weight excluding hydrogens is 335 g/mol. The lowest BCUT2D eigenvalue weighted by Crippen LogP contribution is -2.01. The molecule has 4 rings (SSSR count). The van der Waals surface area contributed by atoms with Crippen molar-refractivity contribution in [3.8, 4) is 22.5 Å². The molecule has 0 atom stereocenters. The zero-order valence-corrected chi connectivity index (χ0v) is 15.0. The van der Waals surface area contributed by atoms with Crippen LogP contribution in [0.3, 0.4) is 0 Å². The molecule has 27 heavy (non-hydrogen) atoms. The van der Waals surface area contributed by atoms with E-state index in [2.05, 4.69) is 10.3 Å². The molecular formula is C24H19FN2. The van der Waals surface area contributed by atoms with Gasteiger partial charge in [0.25, 0.3) is 0 Å². The molecule has 2 nitrogen and oxygen atoms in total. The molecule has 0 aliphatic heterocycles. The molecule has 1 N–H and O–H groups in total. The van der Waals surface area contributed by atoms with Crippen LogP contribution in [0.15, 0.2) is 91.0 Å². The minimum Gasteiger partial charge on any atom is -0.353 e. The molecule has 0 bridgehead atoms. The van der Waals surface area contributed by atoms with Gasteiger partial charge in [0, 0.05) is 16.8 Å². The highest BCUT2D eigenvalue weighted by molar-refractivity contribution is 5.76. The van der Waals surface area contributed by atoms with Crippen molar-refractivity contribution < 1.29 is 4.39 Å². The number of benzene rings is 3. The van der Waals surface area contributed by atoms with Gasteiger partial charge in [0.2, 0.25) is 0 Å². The molecule has 3 aromatic carbocycles. The van der Waals surface area contributed by atoms with E-state index in [0.29, 0.717) is 11.4 Å². The van der Waals surface area contributed by atoms with Gasteiger partial charge in [-0.25, -0.2) is 9.37 Å². The van der Waals surface area contributed by atoms with Gasteiger partial charge in [-0.1, -0.05) is 72.8 Å². The van der Waals surface area contributed by atoms with Crippen LogP contribution in [0.25, 0.3) is 22.5 Å². The summed E-state index contributed by atoms with van der Waals surface area (Å²) >= 11 is 0. The van der Waals surface area contributed by atoms with Crippen molar-refractivity contribution in [1.82, 2.24) is 4.98 Å². The molecule has 1 aromatic heterocycles. The van der Waals surface area contributed by atoms with Crippen molar-refractivity contribution in [2.75, 3.05) is 5.32 Å². The average Bonchev–Trinajstić information content (AvgIpc) is 2.72. The minimum atomic E-state index is -0.354. The third-order valence-corrected chi connectivity index (χ3v) is 4.48. The summed E-state index contributed by atoms with van der Waals surface area (Å²) in [4.78, 5) is 4.66. The Kier molecular flexibility index (Phi) is 4.67. The fourth-order valence-corrected chi connectivity index (χ4v) is 3.07. The molecule has 1 heterocycles. The molecule has 0 unspecified atom stereocenters. The summed E-state index contributed by atoms with van der Waals surface area (Å²) in [6, 6.07) is 28.9. The van der Waals surface area contributed by atoms with Crippen molar-refractivity contribution in [2.24, 2.45) is 0 Å². The molecule has 3 heteroatoms. The molecule has 0 fully saturated rings. The molecule has 0 amide bonds. The molecule has 0 saturated heterocycles. The molecule has 0 radical (unpaired) electrons. The van der Waals surface area contributed by atoms with E-state index in [1.165, 1.54) is 0 Å². The maximum Gasteiger partial charge on any atom is 0.172 e. The van der Waals surface area contributed by atoms with Crippen LogP contribution in [0.4, 0.5) is 15.8 Å². The molecule has 0 aliphatic carbocycles. The number of nitrogens with zero attached hydrogens (tertiary/aromatic N) is 1. The number of aryl methyl sites for hydroxylation is 1. The monoisotopic (exact) mass is 354 g/mol. The number of hydrogen-bond acceptors (Lipinski definition) is 2. The maximum atomic E-state index is 15.4. The number of nitrogens with one attached hydrogen (secondary N) is 1. The molecule has 0 saturated carbocycles. The van der Waals surface area contributed by atoms with Gasteiger partial charge < -0.3 is 5.32 Å². The topological polar surface area (TPSA) is 24.9 Å². The van der Waals surface area contributed by atoms with Crippen LogP contribution in [0.2, 0.25) is 0 Å². The molecule has 132 valence electrons. The summed E-state index contributed by atoms with van der Waals surface area (Å²) in [5.74, 6) is -0.354. The van der Waals surface area contributed by atoms with Gasteiger partial charge in [0.15, 0.2) is 5.82 Å². The summed E-state index contributed by atoms with van der Waals surface area (Å²) in [6.45, 7) is 1.97. The highest BCUT2D eigenvalue weighted by Gasteiger charge is 2.17. The van der Waals surface area contributed by atoms with Crippen molar-refractivity contribution >= 4 is 11.4 Å². The van der Waals surface area contributed by atoms with Gasteiger partial charge in [-0.3, -0.25) is 0 Å². The van der Waals surface area contributed by atoms with Crippen molar-refractivity contribution in [3.63, 3.8) is 0 Å². The van der Waals surface area contributed by atoms with Gasteiger partial charge in [-0.15, -0.1) is 0 Å². The first-order valence-corrected chi connectivity index (χ1v) is 8.86. The van der Waals surface area contributed by atoms with E-state index in [0.717, 1.165) is 28.1 Å². The summed E-state index contributed by atoms with van der Waals surface area (Å²) in [6.07, 6.45) is 0. The van der Waals surface area contributed by atoms with E-state index in [1.54, 1.807) is 6.07 Å². The number of aromatic nitrogens is 1. The third kappa shape index (κ3) is 3.58. The van der Waals surface area contributed by atoms with E-state index in [9.17, 15) is 0 Å². The van der Waals surface area contributed by atoms with Gasteiger partial charge in [0.05, 0.1) is 11.4 Å². The van der Waals surface area contributed by atoms with Crippen molar-refractivity contribution in [2.45, 2.75) is 6.92 Å². The fourth-order valence-electron chi connectivity index (χ4n) is 3.07. The number of halogens is 1. The lowest BCUT2D eigenvalue weighted by Gasteiger charge is -2.14. The number of pyridine rings is 1. The second kappa shape index (κ2) is 7.42. The lowest BCUT2D eigenvalue weighted by atomic mass is 10.0. The van der Waals surface area contributed by atoms with Crippen LogP contribution in [-0.4, -0.2) is 4.98 Å². The Hall–Kier alpha value is -3.46. The second-order valence-corrected chi connectivity index (χ2v) is 6.39. The summed E-state index contributed by atoms with van der Waals surface area (Å²) < 4.78 is 15.4. The Morgan fingerprint density at radius 2 is 1.41 bits per heavy atom. The molecule has 0 spiro atoms. The lowest BCUT2D eigenvalue weighted by molar-refractivity contribution is 0.630. The van der Waals surface area contributed by atoms with E-state index in [4.69, 9.17) is 0 Å². The van der Waals surface area contributed by atoms with E-state index < -0.39 is 0 Å². The summed E-state index contributed by atoms with van der Waals surface area (Å²) in [7, 11) is 0. The smallest absolute Gasteiger partial charge is 0.172 e. The Bertz CT molecular complexity index is 1060. The van der Waals surface area contributed by atoms with Crippen molar-refractivity contribution in [1.29, 1.82) is 0 Å². The zero-order valence-electron chi connectivity index (χ0n) is 15.0. The van der Waals surface area contributed by atoms with E-state index in [-0.39, 0.29) is 5.82 Å². The summed E-state index contributed by atoms with van der Waals surface area (Å²) in [5, 5.41) is 3.20. The summed E-state index contributed by atoms with van der Waals surface area (Å²) in [5.41, 5.74) is 5.05. The Balaban J connectivity index is 1.90. The van der Waals surface area contributed by atoms with Gasteiger partial charge in [-0.2, -0.15) is 0 Å². The number of para-hydroxylation sites is 1. The van der Waals surface area contributed by atoms with Crippen LogP contribution in [-0.2, 0) is 0 Å². The highest BCUT2D eigenvalue weighted by atomic mass is 19.1. The Morgan fingerprint density at radius 3 is 2.11 bits per heavy atom. The normalized spacial score (nSPS) is 10.6. The standard InChI is InChI=1S/C24H19FN2/c1-17-10-8-9-15-20(17)24-23(25)22(26-19-13-6-3-7-14-19)16-21(27-24)18-11-4-2-5-12-18/h2-16H,1H3,(H,26,27). The minimum absolute atomic E-state index is 0.354. The third-order valence-electron chi connectivity index (χ3n) is 4.48. The fraction of sp³-hybridized carbons (Fsp3) is 0.0417. The van der Waals surface area contributed by atoms with Gasteiger partial charge >= 0.3 is 0 Å². The number of anilines is 2. The molecule has 4 aromatic rings.